The van der Waals surface area contributed by atoms with Crippen molar-refractivity contribution in [3.8, 4) is 0 Å². The number of sulfone groups is 1. The quantitative estimate of drug-likeness (QED) is 0.621. The van der Waals surface area contributed by atoms with Crippen LogP contribution in [0.4, 0.5) is 0 Å². The summed E-state index contributed by atoms with van der Waals surface area (Å²) in [6.45, 7) is 0.944. The highest BCUT2D eigenvalue weighted by molar-refractivity contribution is 7.91. The summed E-state index contributed by atoms with van der Waals surface area (Å²) in [5.74, 6) is 0.312. The standard InChI is InChI=1S/C10H15NO4S/c12-9-1-3-11(10(13)5-9)6-8-2-4-16(14,15)7-8/h8H,1-7H2. The van der Waals surface area contributed by atoms with Crippen LogP contribution in [-0.4, -0.2) is 49.6 Å². The van der Waals surface area contributed by atoms with Gasteiger partial charge in [0.1, 0.15) is 5.78 Å². The van der Waals surface area contributed by atoms with Crippen LogP contribution in [0.15, 0.2) is 0 Å². The van der Waals surface area contributed by atoms with Crippen molar-refractivity contribution < 1.29 is 18.0 Å². The number of rotatable bonds is 2. The Labute approximate surface area is 94.7 Å². The van der Waals surface area contributed by atoms with E-state index in [0.29, 0.717) is 25.9 Å². The van der Waals surface area contributed by atoms with E-state index >= 15 is 0 Å². The second kappa shape index (κ2) is 4.16. The number of piperidine rings is 1. The summed E-state index contributed by atoms with van der Waals surface area (Å²) in [5.41, 5.74) is 0. The van der Waals surface area contributed by atoms with Gasteiger partial charge in [-0.1, -0.05) is 0 Å². The van der Waals surface area contributed by atoms with Gasteiger partial charge in [0.05, 0.1) is 17.9 Å². The largest absolute Gasteiger partial charge is 0.342 e. The molecule has 16 heavy (non-hydrogen) atoms. The SMILES string of the molecule is O=C1CCN(CC2CCS(=O)(=O)C2)C(=O)C1. The molecule has 2 aliphatic heterocycles. The van der Waals surface area contributed by atoms with Gasteiger partial charge in [-0.05, 0) is 12.3 Å². The monoisotopic (exact) mass is 245 g/mol. The molecule has 0 saturated carbocycles. The van der Waals surface area contributed by atoms with Gasteiger partial charge in [0.2, 0.25) is 5.91 Å². The smallest absolute Gasteiger partial charge is 0.230 e. The van der Waals surface area contributed by atoms with E-state index in [1.54, 1.807) is 4.90 Å². The minimum atomic E-state index is -2.88. The third-order valence-electron chi connectivity index (χ3n) is 3.17. The highest BCUT2D eigenvalue weighted by atomic mass is 32.2. The fraction of sp³-hybridized carbons (Fsp3) is 0.800. The number of carbonyl (C=O) groups excluding carboxylic acids is 2. The van der Waals surface area contributed by atoms with E-state index in [1.165, 1.54) is 0 Å². The summed E-state index contributed by atoms with van der Waals surface area (Å²) in [6, 6.07) is 0. The molecule has 1 atom stereocenters. The molecule has 0 aromatic carbocycles. The number of amides is 1. The number of hydrogen-bond donors (Lipinski definition) is 0. The Morgan fingerprint density at radius 3 is 2.62 bits per heavy atom. The van der Waals surface area contributed by atoms with Gasteiger partial charge in [-0.2, -0.15) is 0 Å². The first-order chi connectivity index (χ1) is 7.46. The van der Waals surface area contributed by atoms with E-state index in [9.17, 15) is 18.0 Å². The molecule has 90 valence electrons. The van der Waals surface area contributed by atoms with Gasteiger partial charge in [-0.3, -0.25) is 9.59 Å². The van der Waals surface area contributed by atoms with Crippen molar-refractivity contribution in [1.82, 2.24) is 4.90 Å². The molecule has 2 rings (SSSR count). The van der Waals surface area contributed by atoms with Crippen LogP contribution in [0.1, 0.15) is 19.3 Å². The average molecular weight is 245 g/mol. The van der Waals surface area contributed by atoms with Gasteiger partial charge in [-0.15, -0.1) is 0 Å². The lowest BCUT2D eigenvalue weighted by Crippen LogP contribution is -2.41. The molecule has 2 saturated heterocycles. The zero-order valence-electron chi connectivity index (χ0n) is 9.02. The Hall–Kier alpha value is -0.910. The lowest BCUT2D eigenvalue weighted by atomic mass is 10.0. The van der Waals surface area contributed by atoms with Crippen LogP contribution >= 0.6 is 0 Å². The maximum absolute atomic E-state index is 11.5. The van der Waals surface area contributed by atoms with Crippen molar-refractivity contribution in [1.29, 1.82) is 0 Å². The van der Waals surface area contributed by atoms with Gasteiger partial charge in [0.15, 0.2) is 9.84 Å². The molecule has 5 nitrogen and oxygen atoms in total. The highest BCUT2D eigenvalue weighted by Crippen LogP contribution is 2.21. The van der Waals surface area contributed by atoms with Crippen LogP contribution in [0, 0.1) is 5.92 Å². The van der Waals surface area contributed by atoms with Crippen molar-refractivity contribution in [2.24, 2.45) is 5.92 Å². The van der Waals surface area contributed by atoms with Crippen LogP contribution in [-0.2, 0) is 19.4 Å². The summed E-state index contributed by atoms with van der Waals surface area (Å²) < 4.78 is 22.5. The summed E-state index contributed by atoms with van der Waals surface area (Å²) in [6.07, 6.45) is 1.03. The number of Topliss-reactive ketones (excluding diaryl/α,β-unsaturated/α-hetero) is 1. The fourth-order valence-electron chi connectivity index (χ4n) is 2.27. The van der Waals surface area contributed by atoms with Gasteiger partial charge in [0.25, 0.3) is 0 Å². The first-order valence-electron chi connectivity index (χ1n) is 5.46. The molecular formula is C10H15NO4S. The third-order valence-corrected chi connectivity index (χ3v) is 5.00. The molecule has 0 aliphatic carbocycles. The van der Waals surface area contributed by atoms with Crippen LogP contribution in [0.3, 0.4) is 0 Å². The minimum absolute atomic E-state index is 0.0136. The lowest BCUT2D eigenvalue weighted by Gasteiger charge is -2.28. The average Bonchev–Trinajstić information content (AvgIpc) is 2.51. The summed E-state index contributed by atoms with van der Waals surface area (Å²) in [7, 11) is -2.88. The molecule has 2 fully saturated rings. The van der Waals surface area contributed by atoms with Crippen LogP contribution in [0.25, 0.3) is 0 Å². The van der Waals surface area contributed by atoms with Crippen LogP contribution in [0.5, 0.6) is 0 Å². The van der Waals surface area contributed by atoms with E-state index in [2.05, 4.69) is 0 Å². The third kappa shape index (κ3) is 2.61. The normalized spacial score (nSPS) is 29.8. The Bertz CT molecular complexity index is 415. The maximum atomic E-state index is 11.5. The molecular weight excluding hydrogens is 230 g/mol. The van der Waals surface area contributed by atoms with Crippen molar-refractivity contribution in [2.75, 3.05) is 24.6 Å². The van der Waals surface area contributed by atoms with Crippen molar-refractivity contribution in [3.63, 3.8) is 0 Å². The minimum Gasteiger partial charge on any atom is -0.342 e. The number of nitrogens with zero attached hydrogens (tertiary/aromatic N) is 1. The van der Waals surface area contributed by atoms with Crippen LogP contribution < -0.4 is 0 Å². The number of carbonyl (C=O) groups is 2. The fourth-order valence-corrected chi connectivity index (χ4v) is 4.12. The molecule has 2 aliphatic rings. The molecule has 1 unspecified atom stereocenters. The molecule has 2 heterocycles. The molecule has 0 aromatic rings. The Morgan fingerprint density at radius 2 is 2.06 bits per heavy atom. The second-order valence-electron chi connectivity index (χ2n) is 4.57. The Morgan fingerprint density at radius 1 is 1.31 bits per heavy atom. The van der Waals surface area contributed by atoms with Gasteiger partial charge < -0.3 is 4.90 Å². The van der Waals surface area contributed by atoms with Gasteiger partial charge in [-0.25, -0.2) is 8.42 Å². The van der Waals surface area contributed by atoms with E-state index < -0.39 is 9.84 Å². The molecule has 0 bridgehead atoms. The first-order valence-corrected chi connectivity index (χ1v) is 7.28. The highest BCUT2D eigenvalue weighted by Gasteiger charge is 2.32. The summed E-state index contributed by atoms with van der Waals surface area (Å²) in [4.78, 5) is 24.2. The molecule has 0 N–H and O–H groups in total. The van der Waals surface area contributed by atoms with Crippen molar-refractivity contribution in [2.45, 2.75) is 19.3 Å². The van der Waals surface area contributed by atoms with E-state index in [1.807, 2.05) is 0 Å². The number of ketones is 1. The van der Waals surface area contributed by atoms with E-state index in [-0.39, 0.29) is 35.5 Å². The summed E-state index contributed by atoms with van der Waals surface area (Å²) in [5, 5.41) is 0. The summed E-state index contributed by atoms with van der Waals surface area (Å²) >= 11 is 0. The molecule has 0 radical (unpaired) electrons. The number of likely N-dealkylation sites (tertiary alicyclic amines) is 1. The first kappa shape index (κ1) is 11.6. The maximum Gasteiger partial charge on any atom is 0.230 e. The van der Waals surface area contributed by atoms with Gasteiger partial charge >= 0.3 is 0 Å². The second-order valence-corrected chi connectivity index (χ2v) is 6.80. The zero-order valence-corrected chi connectivity index (χ0v) is 9.83. The van der Waals surface area contributed by atoms with Gasteiger partial charge in [0, 0.05) is 19.5 Å². The zero-order chi connectivity index (χ0) is 11.8. The lowest BCUT2D eigenvalue weighted by molar-refractivity contribution is -0.139. The van der Waals surface area contributed by atoms with Crippen molar-refractivity contribution >= 4 is 21.5 Å². The predicted octanol–water partition coefficient (Wildman–Crippen LogP) is -0.387. The van der Waals surface area contributed by atoms with Crippen molar-refractivity contribution in [3.05, 3.63) is 0 Å². The Balaban J connectivity index is 1.91. The van der Waals surface area contributed by atoms with Crippen LogP contribution in [0.2, 0.25) is 0 Å². The van der Waals surface area contributed by atoms with E-state index in [4.69, 9.17) is 0 Å². The van der Waals surface area contributed by atoms with E-state index in [0.717, 1.165) is 0 Å². The molecule has 0 spiro atoms. The predicted molar refractivity (Wildman–Crippen MR) is 57.6 cm³/mol. The molecule has 6 heteroatoms. The Kier molecular flexibility index (Phi) is 3.01. The molecule has 1 amide bonds. The molecule has 0 aromatic heterocycles. The topological polar surface area (TPSA) is 71.5 Å². The number of hydrogen-bond acceptors (Lipinski definition) is 4.